The van der Waals surface area contributed by atoms with Crippen molar-refractivity contribution >= 4 is 37.5 Å². The van der Waals surface area contributed by atoms with Crippen molar-refractivity contribution in [3.05, 3.63) is 56.0 Å². The van der Waals surface area contributed by atoms with Gasteiger partial charge < -0.3 is 10.1 Å². The number of hydrogen-bond acceptors (Lipinski definition) is 2. The summed E-state index contributed by atoms with van der Waals surface area (Å²) in [5, 5.41) is 3.48. The molecule has 2 nitrogen and oxygen atoms in total. The molecule has 0 saturated heterocycles. The Kier molecular flexibility index (Phi) is 6.33. The highest BCUT2D eigenvalue weighted by Gasteiger charge is 2.10. The fraction of sp³-hybridized carbons (Fsp3) is 0.333. The molecular formula is C18H21Br2NO. The largest absolute Gasteiger partial charge is 0.492 e. The van der Waals surface area contributed by atoms with Gasteiger partial charge in [-0.3, -0.25) is 0 Å². The molecule has 0 aromatic heterocycles. The predicted molar refractivity (Wildman–Crippen MR) is 101 cm³/mol. The Bertz CT molecular complexity index is 656. The first kappa shape index (κ1) is 17.4. The van der Waals surface area contributed by atoms with Crippen LogP contribution in [0.15, 0.2) is 39.3 Å². The molecule has 118 valence electrons. The third-order valence-electron chi connectivity index (χ3n) is 3.53. The minimum Gasteiger partial charge on any atom is -0.492 e. The topological polar surface area (TPSA) is 21.3 Å². The summed E-state index contributed by atoms with van der Waals surface area (Å²) in [5.41, 5.74) is 4.86. The number of rotatable bonds is 6. The molecule has 2 aromatic rings. The van der Waals surface area contributed by atoms with Crippen LogP contribution in [0.1, 0.15) is 30.0 Å². The van der Waals surface area contributed by atoms with Gasteiger partial charge in [-0.05, 0) is 71.6 Å². The van der Waals surface area contributed by atoms with Gasteiger partial charge in [0.05, 0.1) is 11.1 Å². The fourth-order valence-electron chi connectivity index (χ4n) is 2.16. The van der Waals surface area contributed by atoms with Gasteiger partial charge >= 0.3 is 0 Å². The number of anilines is 1. The SMILES string of the molecule is CCCOc1c(Br)cc(Br)cc1CNc1ccc(C)c(C)c1. The monoisotopic (exact) mass is 425 g/mol. The third-order valence-corrected chi connectivity index (χ3v) is 4.57. The number of aryl methyl sites for hydroxylation is 2. The van der Waals surface area contributed by atoms with Gasteiger partial charge in [0.2, 0.25) is 0 Å². The maximum absolute atomic E-state index is 5.90. The van der Waals surface area contributed by atoms with Crippen LogP contribution in [-0.4, -0.2) is 6.61 Å². The molecule has 2 aromatic carbocycles. The molecule has 0 heterocycles. The van der Waals surface area contributed by atoms with E-state index in [9.17, 15) is 0 Å². The minimum atomic E-state index is 0.719. The quantitative estimate of drug-likeness (QED) is 0.591. The molecule has 0 radical (unpaired) electrons. The maximum atomic E-state index is 5.90. The van der Waals surface area contributed by atoms with E-state index < -0.39 is 0 Å². The van der Waals surface area contributed by atoms with Gasteiger partial charge in [-0.1, -0.05) is 28.9 Å². The molecule has 0 spiro atoms. The van der Waals surface area contributed by atoms with Crippen molar-refractivity contribution < 1.29 is 4.74 Å². The zero-order chi connectivity index (χ0) is 16.1. The lowest BCUT2D eigenvalue weighted by molar-refractivity contribution is 0.312. The molecule has 0 aliphatic heterocycles. The van der Waals surface area contributed by atoms with Gasteiger partial charge in [-0.2, -0.15) is 0 Å². The Morgan fingerprint density at radius 3 is 2.50 bits per heavy atom. The van der Waals surface area contributed by atoms with Crippen LogP contribution in [0.2, 0.25) is 0 Å². The van der Waals surface area contributed by atoms with Crippen LogP contribution in [0, 0.1) is 13.8 Å². The standard InChI is InChI=1S/C18H21Br2NO/c1-4-7-22-18-14(9-15(19)10-17(18)20)11-21-16-6-5-12(2)13(3)8-16/h5-6,8-10,21H,4,7,11H2,1-3H3. The molecule has 0 saturated carbocycles. The van der Waals surface area contributed by atoms with Gasteiger partial charge in [0.15, 0.2) is 0 Å². The van der Waals surface area contributed by atoms with Crippen molar-refractivity contribution in [2.75, 3.05) is 11.9 Å². The molecule has 0 fully saturated rings. The van der Waals surface area contributed by atoms with E-state index in [-0.39, 0.29) is 0 Å². The second-order valence-corrected chi connectivity index (χ2v) is 7.15. The Morgan fingerprint density at radius 2 is 1.82 bits per heavy atom. The van der Waals surface area contributed by atoms with Crippen LogP contribution < -0.4 is 10.1 Å². The van der Waals surface area contributed by atoms with Crippen molar-refractivity contribution in [2.24, 2.45) is 0 Å². The summed E-state index contributed by atoms with van der Waals surface area (Å²) in [4.78, 5) is 0. The summed E-state index contributed by atoms with van der Waals surface area (Å²) in [6, 6.07) is 10.5. The smallest absolute Gasteiger partial charge is 0.138 e. The van der Waals surface area contributed by atoms with E-state index in [4.69, 9.17) is 4.74 Å². The summed E-state index contributed by atoms with van der Waals surface area (Å²) >= 11 is 7.14. The molecule has 22 heavy (non-hydrogen) atoms. The molecule has 0 unspecified atom stereocenters. The summed E-state index contributed by atoms with van der Waals surface area (Å²) in [6.07, 6.45) is 0.993. The summed E-state index contributed by atoms with van der Waals surface area (Å²) in [6.45, 7) is 7.81. The predicted octanol–water partition coefficient (Wildman–Crippen LogP) is 6.23. The first-order valence-electron chi connectivity index (χ1n) is 7.43. The van der Waals surface area contributed by atoms with Gasteiger partial charge in [0, 0.05) is 22.3 Å². The van der Waals surface area contributed by atoms with E-state index in [2.05, 4.69) is 82.2 Å². The second-order valence-electron chi connectivity index (χ2n) is 5.38. The Morgan fingerprint density at radius 1 is 1.05 bits per heavy atom. The van der Waals surface area contributed by atoms with E-state index in [1.165, 1.54) is 11.1 Å². The van der Waals surface area contributed by atoms with Crippen LogP contribution in [0.25, 0.3) is 0 Å². The van der Waals surface area contributed by atoms with Gasteiger partial charge in [0.1, 0.15) is 5.75 Å². The lowest BCUT2D eigenvalue weighted by atomic mass is 10.1. The number of nitrogens with one attached hydrogen (secondary N) is 1. The first-order valence-corrected chi connectivity index (χ1v) is 9.01. The Labute approximate surface area is 149 Å². The maximum Gasteiger partial charge on any atom is 0.138 e. The Balaban J connectivity index is 2.18. The number of halogens is 2. The lowest BCUT2D eigenvalue weighted by Gasteiger charge is -2.15. The van der Waals surface area contributed by atoms with Crippen molar-refractivity contribution in [1.82, 2.24) is 0 Å². The van der Waals surface area contributed by atoms with E-state index in [0.717, 1.165) is 45.5 Å². The van der Waals surface area contributed by atoms with Crippen molar-refractivity contribution in [2.45, 2.75) is 33.7 Å². The zero-order valence-corrected chi connectivity index (χ0v) is 16.3. The molecule has 0 amide bonds. The molecule has 0 bridgehead atoms. The van der Waals surface area contributed by atoms with Gasteiger partial charge in [-0.25, -0.2) is 0 Å². The normalized spacial score (nSPS) is 10.6. The first-order chi connectivity index (χ1) is 10.5. The lowest BCUT2D eigenvalue weighted by Crippen LogP contribution is -2.05. The Hall–Kier alpha value is -1.00. The van der Waals surface area contributed by atoms with Crippen molar-refractivity contribution in [3.8, 4) is 5.75 Å². The van der Waals surface area contributed by atoms with Crippen LogP contribution >= 0.6 is 31.9 Å². The molecule has 0 aliphatic rings. The molecule has 0 atom stereocenters. The van der Waals surface area contributed by atoms with Crippen molar-refractivity contribution in [1.29, 1.82) is 0 Å². The van der Waals surface area contributed by atoms with Crippen molar-refractivity contribution in [3.63, 3.8) is 0 Å². The number of hydrogen-bond donors (Lipinski definition) is 1. The molecule has 0 aliphatic carbocycles. The highest BCUT2D eigenvalue weighted by Crippen LogP contribution is 2.33. The van der Waals surface area contributed by atoms with Crippen LogP contribution in [-0.2, 0) is 6.54 Å². The molecular weight excluding hydrogens is 406 g/mol. The molecule has 4 heteroatoms. The average Bonchev–Trinajstić information content (AvgIpc) is 2.47. The fourth-order valence-corrected chi connectivity index (χ4v) is 3.59. The highest BCUT2D eigenvalue weighted by molar-refractivity contribution is 9.11. The summed E-state index contributed by atoms with van der Waals surface area (Å²) in [7, 11) is 0. The number of ether oxygens (including phenoxy) is 1. The summed E-state index contributed by atoms with van der Waals surface area (Å²) in [5.74, 6) is 0.918. The minimum absolute atomic E-state index is 0.719. The zero-order valence-electron chi connectivity index (χ0n) is 13.2. The highest BCUT2D eigenvalue weighted by atomic mass is 79.9. The van der Waals surface area contributed by atoms with E-state index in [1.54, 1.807) is 0 Å². The molecule has 1 N–H and O–H groups in total. The van der Waals surface area contributed by atoms with Crippen LogP contribution in [0.3, 0.4) is 0 Å². The van der Waals surface area contributed by atoms with E-state index in [0.29, 0.717) is 0 Å². The number of benzene rings is 2. The molecule has 2 rings (SSSR count). The summed E-state index contributed by atoms with van der Waals surface area (Å²) < 4.78 is 7.92. The van der Waals surface area contributed by atoms with E-state index in [1.807, 2.05) is 6.07 Å². The van der Waals surface area contributed by atoms with Gasteiger partial charge in [-0.15, -0.1) is 0 Å². The van der Waals surface area contributed by atoms with E-state index >= 15 is 0 Å². The third kappa shape index (κ3) is 4.50. The van der Waals surface area contributed by atoms with Gasteiger partial charge in [0.25, 0.3) is 0 Å². The van der Waals surface area contributed by atoms with Crippen LogP contribution in [0.4, 0.5) is 5.69 Å². The second kappa shape index (κ2) is 8.02. The van der Waals surface area contributed by atoms with Crippen LogP contribution in [0.5, 0.6) is 5.75 Å². The average molecular weight is 427 g/mol.